The van der Waals surface area contributed by atoms with Crippen molar-refractivity contribution in [1.82, 2.24) is 0 Å². The van der Waals surface area contributed by atoms with Gasteiger partial charge in [0.2, 0.25) is 5.91 Å². The van der Waals surface area contributed by atoms with Crippen LogP contribution in [0.1, 0.15) is 6.92 Å². The summed E-state index contributed by atoms with van der Waals surface area (Å²) >= 11 is 1.00. The minimum Gasteiger partial charge on any atom is -0.548 e. The highest BCUT2D eigenvalue weighted by atomic mass is 32.2. The number of carbonyl (C=O) groups excluding carboxylic acids is 2. The van der Waals surface area contributed by atoms with E-state index in [1.807, 2.05) is 0 Å². The fourth-order valence-corrected chi connectivity index (χ4v) is 2.34. The second-order valence-corrected chi connectivity index (χ2v) is 4.83. The molecular formula is C10H8NO3S-. The fraction of sp³-hybridized carbons (Fsp3) is 0.200. The zero-order valence-electron chi connectivity index (χ0n) is 7.94. The van der Waals surface area contributed by atoms with Crippen LogP contribution >= 0.6 is 11.8 Å². The van der Waals surface area contributed by atoms with Gasteiger partial charge in [-0.1, -0.05) is 12.1 Å². The number of benzene rings is 1. The summed E-state index contributed by atoms with van der Waals surface area (Å²) in [5, 5.41) is 13.5. The van der Waals surface area contributed by atoms with Crippen LogP contribution in [0.3, 0.4) is 0 Å². The highest BCUT2D eigenvalue weighted by molar-refractivity contribution is 8.02. The average molecular weight is 222 g/mol. The van der Waals surface area contributed by atoms with Gasteiger partial charge in [0, 0.05) is 4.90 Å². The second kappa shape index (κ2) is 3.27. The number of nitrogens with one attached hydrogen (secondary N) is 1. The number of thioether (sulfide) groups is 1. The number of fused-ring (bicyclic) bond motifs is 1. The normalized spacial score (nSPS) is 24.2. The molecule has 1 heterocycles. The van der Waals surface area contributed by atoms with Crippen molar-refractivity contribution in [3.05, 3.63) is 24.3 Å². The Kier molecular flexibility index (Phi) is 2.19. The number of aliphatic carboxylic acids is 1. The van der Waals surface area contributed by atoms with Gasteiger partial charge in [0.1, 0.15) is 4.75 Å². The van der Waals surface area contributed by atoms with E-state index in [4.69, 9.17) is 0 Å². The molecule has 0 saturated carbocycles. The van der Waals surface area contributed by atoms with E-state index < -0.39 is 16.6 Å². The first-order chi connectivity index (χ1) is 7.04. The Morgan fingerprint density at radius 2 is 2.13 bits per heavy atom. The molecular weight excluding hydrogens is 214 g/mol. The summed E-state index contributed by atoms with van der Waals surface area (Å²) in [6.45, 7) is 1.35. The van der Waals surface area contributed by atoms with Crippen molar-refractivity contribution < 1.29 is 14.7 Å². The van der Waals surface area contributed by atoms with Gasteiger partial charge in [-0.25, -0.2) is 0 Å². The Bertz CT molecular complexity index is 446. The van der Waals surface area contributed by atoms with Crippen molar-refractivity contribution in [2.75, 3.05) is 5.32 Å². The van der Waals surface area contributed by atoms with Crippen LogP contribution in [-0.4, -0.2) is 16.6 Å². The highest BCUT2D eigenvalue weighted by Gasteiger charge is 2.40. The maximum atomic E-state index is 11.6. The number of anilines is 1. The molecule has 1 unspecified atom stereocenters. The van der Waals surface area contributed by atoms with Gasteiger partial charge in [0.15, 0.2) is 0 Å². The molecule has 0 aliphatic carbocycles. The van der Waals surface area contributed by atoms with E-state index in [0.29, 0.717) is 5.69 Å². The van der Waals surface area contributed by atoms with Crippen LogP contribution in [-0.2, 0) is 9.59 Å². The molecule has 1 aromatic rings. The third-order valence-electron chi connectivity index (χ3n) is 2.27. The first-order valence-corrected chi connectivity index (χ1v) is 5.16. The lowest BCUT2D eigenvalue weighted by Crippen LogP contribution is -2.53. The first-order valence-electron chi connectivity index (χ1n) is 4.35. The van der Waals surface area contributed by atoms with E-state index in [9.17, 15) is 14.7 Å². The van der Waals surface area contributed by atoms with Gasteiger partial charge in [0.05, 0.1) is 11.7 Å². The van der Waals surface area contributed by atoms with E-state index >= 15 is 0 Å². The number of carboxylic acids is 1. The van der Waals surface area contributed by atoms with Crippen molar-refractivity contribution in [2.45, 2.75) is 16.6 Å². The standard InChI is InChI=1S/C10H9NO3S/c1-10(9(13)14)8(12)11-6-4-2-3-5-7(6)15-10/h2-5H,1H3,(H,11,12)(H,13,14)/p-1. The van der Waals surface area contributed by atoms with Gasteiger partial charge in [-0.15, -0.1) is 11.8 Å². The molecule has 4 nitrogen and oxygen atoms in total. The van der Waals surface area contributed by atoms with E-state index in [-0.39, 0.29) is 0 Å². The lowest BCUT2D eigenvalue weighted by molar-refractivity contribution is -0.307. The van der Waals surface area contributed by atoms with Crippen LogP contribution in [0.5, 0.6) is 0 Å². The summed E-state index contributed by atoms with van der Waals surface area (Å²) in [4.78, 5) is 23.2. The molecule has 0 radical (unpaired) electrons. The molecule has 1 aliphatic rings. The summed E-state index contributed by atoms with van der Waals surface area (Å²) in [6, 6.07) is 7.07. The molecule has 0 aromatic heterocycles. The van der Waals surface area contributed by atoms with Crippen molar-refractivity contribution in [3.8, 4) is 0 Å². The molecule has 0 saturated heterocycles. The number of para-hydroxylation sites is 1. The smallest absolute Gasteiger partial charge is 0.246 e. The largest absolute Gasteiger partial charge is 0.548 e. The molecule has 78 valence electrons. The van der Waals surface area contributed by atoms with Crippen LogP contribution in [0, 0.1) is 0 Å². The monoisotopic (exact) mass is 222 g/mol. The van der Waals surface area contributed by atoms with E-state index in [1.54, 1.807) is 24.3 Å². The lowest BCUT2D eigenvalue weighted by atomic mass is 10.1. The van der Waals surface area contributed by atoms with Crippen LogP contribution in [0.4, 0.5) is 5.69 Å². The number of amides is 1. The van der Waals surface area contributed by atoms with Gasteiger partial charge < -0.3 is 15.2 Å². The Morgan fingerprint density at radius 3 is 2.80 bits per heavy atom. The minimum absolute atomic E-state index is 0.550. The van der Waals surface area contributed by atoms with E-state index in [2.05, 4.69) is 5.32 Å². The molecule has 0 bridgehead atoms. The topological polar surface area (TPSA) is 69.2 Å². The third kappa shape index (κ3) is 1.48. The molecule has 0 spiro atoms. The van der Waals surface area contributed by atoms with Crippen molar-refractivity contribution in [3.63, 3.8) is 0 Å². The van der Waals surface area contributed by atoms with Gasteiger partial charge in [-0.3, -0.25) is 4.79 Å². The molecule has 1 amide bonds. The minimum atomic E-state index is -1.55. The Hall–Kier alpha value is -1.49. The summed E-state index contributed by atoms with van der Waals surface area (Å²) in [5.74, 6) is -1.93. The maximum Gasteiger partial charge on any atom is 0.246 e. The van der Waals surface area contributed by atoms with E-state index in [1.165, 1.54) is 6.92 Å². The van der Waals surface area contributed by atoms with Crippen LogP contribution in [0.15, 0.2) is 29.2 Å². The molecule has 1 atom stereocenters. The summed E-state index contributed by atoms with van der Waals surface area (Å²) < 4.78 is -1.55. The van der Waals surface area contributed by atoms with Gasteiger partial charge >= 0.3 is 0 Å². The zero-order valence-corrected chi connectivity index (χ0v) is 8.76. The lowest BCUT2D eigenvalue weighted by Gasteiger charge is -2.33. The maximum absolute atomic E-state index is 11.6. The average Bonchev–Trinajstić information content (AvgIpc) is 2.19. The molecule has 1 aromatic carbocycles. The molecule has 5 heteroatoms. The van der Waals surface area contributed by atoms with E-state index in [0.717, 1.165) is 16.7 Å². The van der Waals surface area contributed by atoms with Crippen LogP contribution in [0.2, 0.25) is 0 Å². The van der Waals surface area contributed by atoms with Crippen molar-refractivity contribution in [1.29, 1.82) is 0 Å². The molecule has 0 fully saturated rings. The third-order valence-corrected chi connectivity index (χ3v) is 3.61. The van der Waals surface area contributed by atoms with Crippen molar-refractivity contribution >= 4 is 29.3 Å². The Labute approximate surface area is 90.7 Å². The molecule has 15 heavy (non-hydrogen) atoms. The number of hydrogen-bond donors (Lipinski definition) is 1. The van der Waals surface area contributed by atoms with Crippen LogP contribution < -0.4 is 10.4 Å². The quantitative estimate of drug-likeness (QED) is 0.691. The van der Waals surface area contributed by atoms with Crippen molar-refractivity contribution in [2.24, 2.45) is 0 Å². The SMILES string of the molecule is CC1(C(=O)[O-])Sc2ccccc2NC1=O. The van der Waals surface area contributed by atoms with Gasteiger partial charge in [-0.05, 0) is 19.1 Å². The number of carbonyl (C=O) groups is 2. The number of rotatable bonds is 1. The Morgan fingerprint density at radius 1 is 1.47 bits per heavy atom. The summed E-state index contributed by atoms with van der Waals surface area (Å²) in [7, 11) is 0. The number of hydrogen-bond acceptors (Lipinski definition) is 4. The molecule has 2 rings (SSSR count). The van der Waals surface area contributed by atoms with Crippen LogP contribution in [0.25, 0.3) is 0 Å². The predicted octanol–water partition coefficient (Wildman–Crippen LogP) is 0.239. The Balaban J connectivity index is 2.46. The fourth-order valence-electron chi connectivity index (χ4n) is 1.30. The second-order valence-electron chi connectivity index (χ2n) is 3.37. The molecule has 1 N–H and O–H groups in total. The summed E-state index contributed by atoms with van der Waals surface area (Å²) in [6.07, 6.45) is 0. The molecule has 1 aliphatic heterocycles. The zero-order chi connectivity index (χ0) is 11.1. The van der Waals surface area contributed by atoms with Gasteiger partial charge in [0.25, 0.3) is 0 Å². The summed E-state index contributed by atoms with van der Waals surface area (Å²) in [5.41, 5.74) is 0.645. The number of carboxylic acid groups (broad SMARTS) is 1. The first kappa shape index (κ1) is 10.0. The van der Waals surface area contributed by atoms with Gasteiger partial charge in [-0.2, -0.15) is 0 Å². The predicted molar refractivity (Wildman–Crippen MR) is 54.3 cm³/mol. The highest BCUT2D eigenvalue weighted by Crippen LogP contribution is 2.41.